The Morgan fingerprint density at radius 3 is 2.13 bits per heavy atom. The van der Waals surface area contributed by atoms with E-state index in [4.69, 9.17) is 0 Å². The fraction of sp³-hybridized carbons (Fsp3) is 0.853. The summed E-state index contributed by atoms with van der Waals surface area (Å²) in [7, 11) is -3.38. The van der Waals surface area contributed by atoms with Gasteiger partial charge in [0.2, 0.25) is 17.6 Å². The Morgan fingerprint density at radius 2 is 1.53 bits per heavy atom. The molecule has 47 heavy (non-hydrogen) atoms. The lowest BCUT2D eigenvalue weighted by molar-refractivity contribution is -0.144. The molecule has 266 valence electrons. The minimum absolute atomic E-state index is 0.0940. The molecule has 5 amide bonds. The molecule has 0 aromatic heterocycles. The van der Waals surface area contributed by atoms with Crippen molar-refractivity contribution in [3.8, 4) is 0 Å². The second-order valence-corrected chi connectivity index (χ2v) is 17.4. The van der Waals surface area contributed by atoms with Crippen LogP contribution in [0.25, 0.3) is 0 Å². The molecule has 1 unspecified atom stereocenters. The molecule has 1 heterocycles. The number of fused-ring (bicyclic) bond motifs is 1. The van der Waals surface area contributed by atoms with Gasteiger partial charge < -0.3 is 26.2 Å². The molecule has 4 fully saturated rings. The fourth-order valence-corrected chi connectivity index (χ4v) is 9.96. The first-order valence-corrected chi connectivity index (χ1v) is 19.9. The van der Waals surface area contributed by atoms with Gasteiger partial charge in [0.15, 0.2) is 0 Å². The first-order chi connectivity index (χ1) is 22.1. The van der Waals surface area contributed by atoms with Crippen LogP contribution in [0.4, 0.5) is 4.79 Å². The van der Waals surface area contributed by atoms with Crippen molar-refractivity contribution in [1.82, 2.24) is 26.2 Å². The molecule has 0 spiro atoms. The number of amides is 5. The number of hydrogen-bond donors (Lipinski definition) is 4. The third-order valence-electron chi connectivity index (χ3n) is 11.1. The maximum atomic E-state index is 14.5. The van der Waals surface area contributed by atoms with Crippen LogP contribution in [0.3, 0.4) is 0 Å². The smallest absolute Gasteiger partial charge is 0.315 e. The number of nitrogens with one attached hydrogen (secondary N) is 4. The van der Waals surface area contributed by atoms with Gasteiger partial charge >= 0.3 is 6.03 Å². The Bertz CT molecular complexity index is 1290. The molecule has 3 aliphatic carbocycles. The molecule has 12 nitrogen and oxygen atoms in total. The van der Waals surface area contributed by atoms with Crippen molar-refractivity contribution >= 4 is 39.4 Å². The lowest BCUT2D eigenvalue weighted by Crippen LogP contribution is -2.63. The zero-order chi connectivity index (χ0) is 34.6. The quantitative estimate of drug-likeness (QED) is 0.205. The van der Waals surface area contributed by atoms with Crippen LogP contribution in [-0.2, 0) is 29.0 Å². The number of carbonyl (C=O) groups is 5. The highest BCUT2D eigenvalue weighted by atomic mass is 32.2. The first kappa shape index (κ1) is 37.1. The normalized spacial score (nSPS) is 26.3. The van der Waals surface area contributed by atoms with Crippen molar-refractivity contribution < 1.29 is 32.4 Å². The van der Waals surface area contributed by atoms with Gasteiger partial charge in [-0.3, -0.25) is 19.2 Å². The highest BCUT2D eigenvalue weighted by molar-refractivity contribution is 7.90. The minimum atomic E-state index is -3.38. The largest absolute Gasteiger partial charge is 0.349 e. The summed E-state index contributed by atoms with van der Waals surface area (Å²) in [4.78, 5) is 69.4. The number of ketones is 1. The maximum absolute atomic E-state index is 14.5. The van der Waals surface area contributed by atoms with Crippen LogP contribution in [0, 0.1) is 23.2 Å². The van der Waals surface area contributed by atoms with Crippen molar-refractivity contribution in [3.63, 3.8) is 0 Å². The Kier molecular flexibility index (Phi) is 12.0. The van der Waals surface area contributed by atoms with Crippen molar-refractivity contribution in [2.45, 2.75) is 135 Å². The van der Waals surface area contributed by atoms with Crippen LogP contribution < -0.4 is 21.3 Å². The summed E-state index contributed by atoms with van der Waals surface area (Å²) >= 11 is 0. The number of carbonyl (C=O) groups excluding carboxylic acids is 5. The molecule has 0 aromatic carbocycles. The number of hydrogen-bond acceptors (Lipinski definition) is 7. The van der Waals surface area contributed by atoms with E-state index in [0.717, 1.165) is 51.4 Å². The molecule has 4 rings (SSSR count). The summed E-state index contributed by atoms with van der Waals surface area (Å²) < 4.78 is 24.7. The standard InChI is InChI=1S/C34H57N5O7S/c1-6-14-24(28(40)30(42)35-19-7-2)36-29(41)27-25-23(33(25,3)4)20-39(27)31(43)26(22-15-10-8-11-16-22)37-32(44)38-34(21-47(5,45)46)17-12-9-13-18-34/h22-27H,6-21H2,1-5H3,(H,35,42)(H,36,41)(H2,37,38,44)/t23-,24?,25-,26-,27-/m0/s1. The van der Waals surface area contributed by atoms with Gasteiger partial charge in [-0.1, -0.05) is 72.6 Å². The van der Waals surface area contributed by atoms with Crippen LogP contribution in [0.2, 0.25) is 0 Å². The van der Waals surface area contributed by atoms with E-state index in [0.29, 0.717) is 45.2 Å². The molecule has 4 aliphatic rings. The van der Waals surface area contributed by atoms with Crippen LogP contribution in [0.1, 0.15) is 111 Å². The van der Waals surface area contributed by atoms with Gasteiger partial charge in [0.1, 0.15) is 21.9 Å². The van der Waals surface area contributed by atoms with Gasteiger partial charge in [-0.05, 0) is 61.7 Å². The van der Waals surface area contributed by atoms with E-state index >= 15 is 0 Å². The molecule has 1 aliphatic heterocycles. The zero-order valence-corrected chi connectivity index (χ0v) is 29.8. The van der Waals surface area contributed by atoms with Gasteiger partial charge in [-0.2, -0.15) is 0 Å². The van der Waals surface area contributed by atoms with Crippen molar-refractivity contribution in [3.05, 3.63) is 0 Å². The number of sulfone groups is 1. The summed E-state index contributed by atoms with van der Waals surface area (Å²) in [5.74, 6) is -2.49. The van der Waals surface area contributed by atoms with E-state index < -0.39 is 57.1 Å². The minimum Gasteiger partial charge on any atom is -0.349 e. The molecule has 13 heteroatoms. The second-order valence-electron chi connectivity index (χ2n) is 15.2. The average molecular weight is 680 g/mol. The van der Waals surface area contributed by atoms with Gasteiger partial charge in [-0.15, -0.1) is 0 Å². The molecule has 3 saturated carbocycles. The summed E-state index contributed by atoms with van der Waals surface area (Å²) in [5.41, 5.74) is -1.06. The molecular formula is C34H57N5O7S. The fourth-order valence-electron chi connectivity index (χ4n) is 8.59. The SMILES string of the molecule is CCCNC(=O)C(=O)C(CCC)NC(=O)[C@@H]1[C@@H]2[C@H](CN1C(=O)[C@@H](NC(=O)NC1(CS(C)(=O)=O)CCCCC1)C1CCCCC1)C2(C)C. The zero-order valence-electron chi connectivity index (χ0n) is 29.0. The highest BCUT2D eigenvalue weighted by Gasteiger charge is 2.69. The third kappa shape index (κ3) is 8.86. The molecule has 0 bridgehead atoms. The predicted molar refractivity (Wildman–Crippen MR) is 179 cm³/mol. The summed E-state index contributed by atoms with van der Waals surface area (Å²) in [6, 6.07) is -3.27. The van der Waals surface area contributed by atoms with Crippen molar-refractivity contribution in [2.24, 2.45) is 23.2 Å². The van der Waals surface area contributed by atoms with Gasteiger partial charge in [0.05, 0.1) is 17.3 Å². The average Bonchev–Trinajstić information content (AvgIpc) is 3.32. The Hall–Kier alpha value is -2.70. The maximum Gasteiger partial charge on any atom is 0.315 e. The van der Waals surface area contributed by atoms with E-state index in [-0.39, 0.29) is 34.8 Å². The number of likely N-dealkylation sites (tertiary alicyclic amines) is 1. The molecule has 4 N–H and O–H groups in total. The molecule has 0 aromatic rings. The van der Waals surface area contributed by atoms with Crippen LogP contribution in [0.5, 0.6) is 0 Å². The molecule has 0 radical (unpaired) electrons. The molecule has 5 atom stereocenters. The number of urea groups is 1. The number of nitrogens with zero attached hydrogens (tertiary/aromatic N) is 1. The Labute approximate surface area is 280 Å². The van der Waals surface area contributed by atoms with Crippen molar-refractivity contribution in [2.75, 3.05) is 25.1 Å². The monoisotopic (exact) mass is 679 g/mol. The van der Waals surface area contributed by atoms with E-state index in [1.807, 2.05) is 13.8 Å². The predicted octanol–water partition coefficient (Wildman–Crippen LogP) is 2.85. The van der Waals surface area contributed by atoms with Crippen LogP contribution in [0.15, 0.2) is 0 Å². The van der Waals surface area contributed by atoms with Gasteiger partial charge in [0, 0.05) is 19.3 Å². The first-order valence-electron chi connectivity index (χ1n) is 17.8. The van der Waals surface area contributed by atoms with Crippen LogP contribution >= 0.6 is 0 Å². The topological polar surface area (TPSA) is 171 Å². The molecular weight excluding hydrogens is 622 g/mol. The number of rotatable bonds is 14. The van der Waals surface area contributed by atoms with Gasteiger partial charge in [-0.25, -0.2) is 13.2 Å². The lowest BCUT2D eigenvalue weighted by Gasteiger charge is -2.40. The lowest BCUT2D eigenvalue weighted by atomic mass is 9.82. The summed E-state index contributed by atoms with van der Waals surface area (Å²) in [5, 5.41) is 11.4. The number of piperidine rings is 1. The summed E-state index contributed by atoms with van der Waals surface area (Å²) in [6.45, 7) is 8.64. The van der Waals surface area contributed by atoms with Crippen molar-refractivity contribution in [1.29, 1.82) is 0 Å². The van der Waals surface area contributed by atoms with E-state index in [9.17, 15) is 32.4 Å². The summed E-state index contributed by atoms with van der Waals surface area (Å²) in [6.07, 6.45) is 10.9. The van der Waals surface area contributed by atoms with E-state index in [1.54, 1.807) is 4.90 Å². The van der Waals surface area contributed by atoms with Gasteiger partial charge in [0.25, 0.3) is 5.91 Å². The highest BCUT2D eigenvalue weighted by Crippen LogP contribution is 2.65. The van der Waals surface area contributed by atoms with Crippen LogP contribution in [-0.4, -0.2) is 91.6 Å². The number of Topliss-reactive ketones (excluding diaryl/α,β-unsaturated/α-hetero) is 1. The molecule has 1 saturated heterocycles. The van der Waals surface area contributed by atoms with E-state index in [2.05, 4.69) is 35.1 Å². The Morgan fingerprint density at radius 1 is 0.894 bits per heavy atom. The third-order valence-corrected chi connectivity index (χ3v) is 12.2. The second kappa shape index (κ2) is 15.2. The van der Waals surface area contributed by atoms with E-state index in [1.165, 1.54) is 6.26 Å². The Balaban J connectivity index is 1.56.